The summed E-state index contributed by atoms with van der Waals surface area (Å²) in [5.41, 5.74) is 0.333. The van der Waals surface area contributed by atoms with Crippen LogP contribution in [0.5, 0.6) is 0 Å². The van der Waals surface area contributed by atoms with Crippen LogP contribution in [-0.2, 0) is 14.3 Å². The van der Waals surface area contributed by atoms with Gasteiger partial charge in [0.25, 0.3) is 0 Å². The van der Waals surface area contributed by atoms with Crippen molar-refractivity contribution in [3.8, 4) is 0 Å². The van der Waals surface area contributed by atoms with Gasteiger partial charge in [-0.05, 0) is 12.1 Å². The molecule has 1 amide bonds. The van der Waals surface area contributed by atoms with Gasteiger partial charge in [0, 0.05) is 25.8 Å². The van der Waals surface area contributed by atoms with Gasteiger partial charge < -0.3 is 19.5 Å². The highest BCUT2D eigenvalue weighted by molar-refractivity contribution is 5.91. The number of amides is 1. The molecule has 0 spiro atoms. The number of hydrogen-bond acceptors (Lipinski definition) is 4. The Hall–Kier alpha value is -1.76. The number of methoxy groups -OCH3 is 1. The molecule has 2 rings (SSSR count). The number of aliphatic hydroxyl groups excluding tert-OH is 1. The van der Waals surface area contributed by atoms with Crippen LogP contribution in [0.4, 0.5) is 4.39 Å². The Kier molecular flexibility index (Phi) is 5.65. The fourth-order valence-electron chi connectivity index (χ4n) is 2.35. The van der Waals surface area contributed by atoms with Crippen molar-refractivity contribution in [1.29, 1.82) is 0 Å². The van der Waals surface area contributed by atoms with E-state index in [9.17, 15) is 14.3 Å². The lowest BCUT2D eigenvalue weighted by molar-refractivity contribution is -0.154. The van der Waals surface area contributed by atoms with E-state index in [1.165, 1.54) is 30.2 Å². The molecule has 1 aliphatic heterocycles. The van der Waals surface area contributed by atoms with Crippen molar-refractivity contribution in [3.05, 3.63) is 41.7 Å². The van der Waals surface area contributed by atoms with Crippen LogP contribution in [0.15, 0.2) is 30.3 Å². The predicted molar refractivity (Wildman–Crippen MR) is 79.6 cm³/mol. The van der Waals surface area contributed by atoms with Crippen molar-refractivity contribution in [2.24, 2.45) is 0 Å². The SMILES string of the molecule is CO[C@@H]1COC[C@@H](N(C)C(=O)C=Cc2ccccc2F)[C@@H]1O. The monoisotopic (exact) mass is 309 g/mol. The zero-order chi connectivity index (χ0) is 16.1. The van der Waals surface area contributed by atoms with Crippen molar-refractivity contribution in [2.75, 3.05) is 27.4 Å². The number of rotatable bonds is 4. The van der Waals surface area contributed by atoms with Crippen molar-refractivity contribution < 1.29 is 23.8 Å². The van der Waals surface area contributed by atoms with E-state index in [0.29, 0.717) is 12.2 Å². The Morgan fingerprint density at radius 3 is 2.86 bits per heavy atom. The molecule has 5 nitrogen and oxygen atoms in total. The van der Waals surface area contributed by atoms with E-state index in [0.717, 1.165) is 0 Å². The molecule has 1 heterocycles. The molecule has 1 N–H and O–H groups in total. The van der Waals surface area contributed by atoms with Crippen LogP contribution >= 0.6 is 0 Å². The quantitative estimate of drug-likeness (QED) is 0.845. The molecule has 3 atom stereocenters. The molecule has 0 bridgehead atoms. The van der Waals surface area contributed by atoms with Crippen molar-refractivity contribution in [2.45, 2.75) is 18.2 Å². The standard InChI is InChI=1S/C16H20FNO4/c1-18(13-9-22-10-14(21-2)16(13)20)15(19)8-7-11-5-3-4-6-12(11)17/h3-8,13-14,16,20H,9-10H2,1-2H3/t13-,14-,16+/m1/s1. The van der Waals surface area contributed by atoms with Crippen molar-refractivity contribution in [3.63, 3.8) is 0 Å². The highest BCUT2D eigenvalue weighted by Gasteiger charge is 2.36. The Morgan fingerprint density at radius 2 is 2.18 bits per heavy atom. The summed E-state index contributed by atoms with van der Waals surface area (Å²) >= 11 is 0. The highest BCUT2D eigenvalue weighted by atomic mass is 19.1. The summed E-state index contributed by atoms with van der Waals surface area (Å²) in [4.78, 5) is 13.6. The average Bonchev–Trinajstić information content (AvgIpc) is 2.53. The van der Waals surface area contributed by atoms with Gasteiger partial charge in [-0.2, -0.15) is 0 Å². The summed E-state index contributed by atoms with van der Waals surface area (Å²) in [5.74, 6) is -0.734. The fraction of sp³-hybridized carbons (Fsp3) is 0.438. The maximum absolute atomic E-state index is 13.5. The third-order valence-corrected chi connectivity index (χ3v) is 3.80. The first-order valence-electron chi connectivity index (χ1n) is 7.02. The van der Waals surface area contributed by atoms with Crippen LogP contribution in [0.3, 0.4) is 0 Å². The van der Waals surface area contributed by atoms with E-state index in [4.69, 9.17) is 9.47 Å². The minimum Gasteiger partial charge on any atom is -0.388 e. The number of ether oxygens (including phenoxy) is 2. The molecule has 0 aromatic heterocycles. The Labute approximate surface area is 128 Å². The lowest BCUT2D eigenvalue weighted by atomic mass is 10.0. The van der Waals surface area contributed by atoms with Gasteiger partial charge in [0.05, 0.1) is 19.3 Å². The number of carbonyl (C=O) groups excluding carboxylic acids is 1. The second kappa shape index (κ2) is 7.49. The number of benzene rings is 1. The predicted octanol–water partition coefficient (Wildman–Crippen LogP) is 1.07. The lowest BCUT2D eigenvalue weighted by Crippen LogP contribution is -2.56. The van der Waals surface area contributed by atoms with Gasteiger partial charge >= 0.3 is 0 Å². The second-order valence-corrected chi connectivity index (χ2v) is 5.17. The molecule has 1 aliphatic rings. The number of nitrogens with zero attached hydrogens (tertiary/aromatic N) is 1. The molecule has 6 heteroatoms. The van der Waals surface area contributed by atoms with E-state index in [-0.39, 0.29) is 12.5 Å². The molecule has 0 aliphatic carbocycles. The summed E-state index contributed by atoms with van der Waals surface area (Å²) in [6, 6.07) is 5.69. The average molecular weight is 309 g/mol. The molecule has 1 aromatic carbocycles. The molecule has 0 radical (unpaired) electrons. The Morgan fingerprint density at radius 1 is 1.45 bits per heavy atom. The largest absolute Gasteiger partial charge is 0.388 e. The molecular formula is C16H20FNO4. The summed E-state index contributed by atoms with van der Waals surface area (Å²) in [7, 11) is 3.06. The topological polar surface area (TPSA) is 59.0 Å². The lowest BCUT2D eigenvalue weighted by Gasteiger charge is -2.38. The molecule has 1 aromatic rings. The first kappa shape index (κ1) is 16.6. The smallest absolute Gasteiger partial charge is 0.246 e. The molecule has 0 unspecified atom stereocenters. The van der Waals surface area contributed by atoms with Gasteiger partial charge in [-0.15, -0.1) is 0 Å². The van der Waals surface area contributed by atoms with Gasteiger partial charge in [0.1, 0.15) is 18.0 Å². The maximum Gasteiger partial charge on any atom is 0.246 e. The van der Waals surface area contributed by atoms with Gasteiger partial charge in [-0.25, -0.2) is 4.39 Å². The van der Waals surface area contributed by atoms with Crippen LogP contribution in [-0.4, -0.2) is 61.5 Å². The minimum absolute atomic E-state index is 0.233. The first-order chi connectivity index (χ1) is 10.5. The van der Waals surface area contributed by atoms with Gasteiger partial charge in [-0.3, -0.25) is 4.79 Å². The van der Waals surface area contributed by atoms with Crippen LogP contribution in [0.1, 0.15) is 5.56 Å². The van der Waals surface area contributed by atoms with E-state index in [2.05, 4.69) is 0 Å². The van der Waals surface area contributed by atoms with Crippen LogP contribution < -0.4 is 0 Å². The number of aliphatic hydroxyl groups is 1. The first-order valence-corrected chi connectivity index (χ1v) is 7.02. The third-order valence-electron chi connectivity index (χ3n) is 3.80. The second-order valence-electron chi connectivity index (χ2n) is 5.17. The Balaban J connectivity index is 2.04. The maximum atomic E-state index is 13.5. The molecule has 1 saturated heterocycles. The number of halogens is 1. The van der Waals surface area contributed by atoms with E-state index >= 15 is 0 Å². The van der Waals surface area contributed by atoms with Gasteiger partial charge in [-0.1, -0.05) is 18.2 Å². The normalized spacial score (nSPS) is 25.4. The number of carbonyl (C=O) groups is 1. The summed E-state index contributed by atoms with van der Waals surface area (Å²) in [6.07, 6.45) is 1.40. The van der Waals surface area contributed by atoms with Crippen LogP contribution in [0.25, 0.3) is 6.08 Å². The van der Waals surface area contributed by atoms with Crippen LogP contribution in [0.2, 0.25) is 0 Å². The number of likely N-dealkylation sites (N-methyl/N-ethyl adjacent to an activating group) is 1. The molecular weight excluding hydrogens is 289 g/mol. The zero-order valence-electron chi connectivity index (χ0n) is 12.6. The summed E-state index contributed by atoms with van der Waals surface area (Å²) in [5, 5.41) is 10.2. The molecule has 120 valence electrons. The van der Waals surface area contributed by atoms with Gasteiger partial charge in [0.15, 0.2) is 0 Å². The van der Waals surface area contributed by atoms with Gasteiger partial charge in [0.2, 0.25) is 5.91 Å². The van der Waals surface area contributed by atoms with Crippen molar-refractivity contribution >= 4 is 12.0 Å². The molecule has 22 heavy (non-hydrogen) atoms. The fourth-order valence-corrected chi connectivity index (χ4v) is 2.35. The van der Waals surface area contributed by atoms with E-state index < -0.39 is 24.1 Å². The van der Waals surface area contributed by atoms with Crippen LogP contribution in [0, 0.1) is 5.82 Å². The summed E-state index contributed by atoms with van der Waals surface area (Å²) < 4.78 is 24.0. The molecule has 1 fully saturated rings. The van der Waals surface area contributed by atoms with E-state index in [1.807, 2.05) is 0 Å². The van der Waals surface area contributed by atoms with E-state index in [1.54, 1.807) is 25.2 Å². The third kappa shape index (κ3) is 3.71. The minimum atomic E-state index is -0.824. The Bertz CT molecular complexity index is 549. The van der Waals surface area contributed by atoms with Crippen molar-refractivity contribution in [1.82, 2.24) is 4.90 Å². The summed E-state index contributed by atoms with van der Waals surface area (Å²) in [6.45, 7) is 0.526. The zero-order valence-corrected chi connectivity index (χ0v) is 12.6. The number of hydrogen-bond donors (Lipinski definition) is 1. The highest BCUT2D eigenvalue weighted by Crippen LogP contribution is 2.17. The molecule has 0 saturated carbocycles.